The summed E-state index contributed by atoms with van der Waals surface area (Å²) in [7, 11) is 0. The number of aromatic nitrogens is 3. The van der Waals surface area contributed by atoms with Crippen molar-refractivity contribution in [2.75, 3.05) is 18.4 Å². The molecule has 2 aliphatic heterocycles. The molecule has 32 heavy (non-hydrogen) atoms. The van der Waals surface area contributed by atoms with Gasteiger partial charge in [-0.05, 0) is 45.2 Å². The number of anilines is 1. The summed E-state index contributed by atoms with van der Waals surface area (Å²) in [5.74, 6) is -0.0740. The fourth-order valence-electron chi connectivity index (χ4n) is 4.48. The van der Waals surface area contributed by atoms with Gasteiger partial charge in [-0.3, -0.25) is 14.5 Å². The Kier molecular flexibility index (Phi) is 4.87. The van der Waals surface area contributed by atoms with Gasteiger partial charge in [-0.25, -0.2) is 4.79 Å². The van der Waals surface area contributed by atoms with Crippen molar-refractivity contribution in [3.8, 4) is 0 Å². The van der Waals surface area contributed by atoms with Crippen LogP contribution in [-0.2, 0) is 11.2 Å². The number of piperidine rings is 1. The lowest BCUT2D eigenvalue weighted by atomic mass is 10.0. The molecule has 1 N–H and O–H groups in total. The molecule has 8 heteroatoms. The Morgan fingerprint density at radius 3 is 2.75 bits per heavy atom. The first-order chi connectivity index (χ1) is 15.3. The summed E-state index contributed by atoms with van der Waals surface area (Å²) < 4.78 is 7.49. The Bertz CT molecular complexity index is 1200. The molecule has 4 heterocycles. The molecule has 3 aromatic rings. The summed E-state index contributed by atoms with van der Waals surface area (Å²) >= 11 is 0. The predicted octanol–water partition coefficient (Wildman–Crippen LogP) is 4.16. The number of benzene rings is 1. The molecule has 166 valence electrons. The molecule has 0 bridgehead atoms. The van der Waals surface area contributed by atoms with Crippen LogP contribution in [0.25, 0.3) is 10.8 Å². The van der Waals surface area contributed by atoms with Gasteiger partial charge in [0, 0.05) is 42.0 Å². The maximum atomic E-state index is 12.3. The van der Waals surface area contributed by atoms with Crippen LogP contribution in [0.1, 0.15) is 61.3 Å². The molecule has 8 nitrogen and oxygen atoms in total. The fourth-order valence-corrected chi connectivity index (χ4v) is 4.48. The number of nitrogens with zero attached hydrogens (tertiary/aromatic N) is 4. The van der Waals surface area contributed by atoms with Crippen LogP contribution in [0.2, 0.25) is 0 Å². The lowest BCUT2D eigenvalue weighted by Crippen LogP contribution is -2.42. The number of carbonyl (C=O) groups is 2. The molecular weight excluding hydrogens is 406 g/mol. The van der Waals surface area contributed by atoms with Gasteiger partial charge >= 0.3 is 6.09 Å². The number of hydrogen-bond acceptors (Lipinski definition) is 5. The zero-order valence-electron chi connectivity index (χ0n) is 18.6. The van der Waals surface area contributed by atoms with E-state index in [-0.39, 0.29) is 18.0 Å². The number of likely N-dealkylation sites (tertiary alicyclic amines) is 1. The van der Waals surface area contributed by atoms with E-state index in [0.717, 1.165) is 40.6 Å². The van der Waals surface area contributed by atoms with Crippen LogP contribution in [0.5, 0.6) is 0 Å². The summed E-state index contributed by atoms with van der Waals surface area (Å²) in [5, 5.41) is 9.42. The molecule has 0 unspecified atom stereocenters. The lowest BCUT2D eigenvalue weighted by Gasteiger charge is -2.33. The lowest BCUT2D eigenvalue weighted by molar-refractivity contribution is 0.0184. The number of nitrogens with one attached hydrogen (secondary N) is 1. The average molecular weight is 434 g/mol. The first-order valence-electron chi connectivity index (χ1n) is 11.0. The van der Waals surface area contributed by atoms with Crippen molar-refractivity contribution >= 4 is 28.5 Å². The minimum absolute atomic E-state index is 0.0740. The number of rotatable bonds is 3. The number of amides is 2. The smallest absolute Gasteiger partial charge is 0.410 e. The van der Waals surface area contributed by atoms with Gasteiger partial charge in [0.25, 0.3) is 5.91 Å². The third kappa shape index (κ3) is 3.81. The molecule has 2 amide bonds. The molecule has 0 saturated carbocycles. The second kappa shape index (κ2) is 7.62. The monoisotopic (exact) mass is 433 g/mol. The zero-order valence-corrected chi connectivity index (χ0v) is 18.6. The van der Waals surface area contributed by atoms with Crippen molar-refractivity contribution in [3.05, 3.63) is 53.6 Å². The molecular formula is C24H27N5O3. The molecule has 2 aromatic heterocycles. The van der Waals surface area contributed by atoms with E-state index in [2.05, 4.69) is 21.6 Å². The van der Waals surface area contributed by atoms with Crippen LogP contribution in [0.3, 0.4) is 0 Å². The molecule has 2 aliphatic rings. The normalized spacial score (nSPS) is 16.5. The van der Waals surface area contributed by atoms with Crippen LogP contribution in [0, 0.1) is 0 Å². The largest absolute Gasteiger partial charge is 0.444 e. The van der Waals surface area contributed by atoms with Crippen LogP contribution < -0.4 is 5.32 Å². The van der Waals surface area contributed by atoms with E-state index < -0.39 is 5.60 Å². The van der Waals surface area contributed by atoms with Crippen LogP contribution in [0.15, 0.2) is 36.8 Å². The Balaban J connectivity index is 1.28. The molecule has 1 saturated heterocycles. The van der Waals surface area contributed by atoms with Gasteiger partial charge in [-0.2, -0.15) is 5.10 Å². The maximum absolute atomic E-state index is 12.3. The van der Waals surface area contributed by atoms with Crippen LogP contribution in [0.4, 0.5) is 10.5 Å². The van der Waals surface area contributed by atoms with E-state index in [9.17, 15) is 9.59 Å². The van der Waals surface area contributed by atoms with Crippen molar-refractivity contribution in [2.24, 2.45) is 0 Å². The number of ether oxygens (including phenoxy) is 1. The van der Waals surface area contributed by atoms with E-state index >= 15 is 0 Å². The van der Waals surface area contributed by atoms with E-state index in [4.69, 9.17) is 4.74 Å². The van der Waals surface area contributed by atoms with Gasteiger partial charge in [-0.15, -0.1) is 0 Å². The fraction of sp³-hybridized carbons (Fsp3) is 0.417. The van der Waals surface area contributed by atoms with Crippen molar-refractivity contribution in [2.45, 2.75) is 51.7 Å². The minimum atomic E-state index is -0.481. The van der Waals surface area contributed by atoms with Crippen molar-refractivity contribution in [3.63, 3.8) is 0 Å². The van der Waals surface area contributed by atoms with Crippen molar-refractivity contribution < 1.29 is 14.3 Å². The maximum Gasteiger partial charge on any atom is 0.410 e. The van der Waals surface area contributed by atoms with Gasteiger partial charge < -0.3 is 15.0 Å². The highest BCUT2D eigenvalue weighted by molar-refractivity contribution is 6.23. The Labute approximate surface area is 186 Å². The summed E-state index contributed by atoms with van der Waals surface area (Å²) in [5.41, 5.74) is 3.00. The molecule has 1 aromatic carbocycles. The zero-order chi connectivity index (χ0) is 22.5. The van der Waals surface area contributed by atoms with Crippen molar-refractivity contribution in [1.82, 2.24) is 19.7 Å². The summed E-state index contributed by atoms with van der Waals surface area (Å²) in [6.07, 6.45) is 7.77. The molecule has 0 aliphatic carbocycles. The Morgan fingerprint density at radius 1 is 1.22 bits per heavy atom. The molecule has 0 radical (unpaired) electrons. The van der Waals surface area contributed by atoms with Crippen LogP contribution >= 0.6 is 0 Å². The molecule has 5 rings (SSSR count). The van der Waals surface area contributed by atoms with Gasteiger partial charge in [0.2, 0.25) is 0 Å². The Morgan fingerprint density at radius 2 is 2.00 bits per heavy atom. The summed E-state index contributed by atoms with van der Waals surface area (Å²) in [6, 6.07) is 6.02. The Hall–Kier alpha value is -3.42. The van der Waals surface area contributed by atoms with Crippen LogP contribution in [-0.4, -0.2) is 50.4 Å². The molecule has 1 fully saturated rings. The quantitative estimate of drug-likeness (QED) is 0.670. The first kappa shape index (κ1) is 20.5. The third-order valence-electron chi connectivity index (χ3n) is 6.00. The number of hydrogen-bond donors (Lipinski definition) is 1. The molecule has 0 spiro atoms. The highest BCUT2D eigenvalue weighted by atomic mass is 16.6. The van der Waals surface area contributed by atoms with Gasteiger partial charge in [0.05, 0.1) is 29.8 Å². The van der Waals surface area contributed by atoms with E-state index in [1.165, 1.54) is 0 Å². The SMILES string of the molecule is CC(C)(C)OC(=O)N1CCC(n2cc(Cc3ncc4c5c(cccc35)C(=O)N4)cn2)CC1. The summed E-state index contributed by atoms with van der Waals surface area (Å²) in [6.45, 7) is 6.97. The third-order valence-corrected chi connectivity index (χ3v) is 6.00. The van der Waals surface area contributed by atoms with Gasteiger partial charge in [-0.1, -0.05) is 12.1 Å². The first-order valence-corrected chi connectivity index (χ1v) is 11.0. The van der Waals surface area contributed by atoms with E-state index in [1.807, 2.05) is 49.8 Å². The van der Waals surface area contributed by atoms with Gasteiger partial charge in [0.1, 0.15) is 5.60 Å². The molecule has 0 atom stereocenters. The predicted molar refractivity (Wildman–Crippen MR) is 121 cm³/mol. The number of carbonyl (C=O) groups excluding carboxylic acids is 2. The highest BCUT2D eigenvalue weighted by Gasteiger charge is 2.28. The minimum Gasteiger partial charge on any atom is -0.444 e. The van der Waals surface area contributed by atoms with E-state index in [1.54, 1.807) is 11.1 Å². The standard InChI is InChI=1S/C24H27N5O3/c1-24(2,3)32-23(31)28-9-7-16(8-10-28)29-14-15(12-26-29)11-19-17-5-4-6-18-21(17)20(13-25-19)27-22(18)30/h4-6,12-14,16H,7-11H2,1-3H3,(H,27,30). The second-order valence-corrected chi connectivity index (χ2v) is 9.50. The van der Waals surface area contributed by atoms with Crippen molar-refractivity contribution in [1.29, 1.82) is 0 Å². The van der Waals surface area contributed by atoms with E-state index in [0.29, 0.717) is 25.1 Å². The number of pyridine rings is 1. The average Bonchev–Trinajstić information content (AvgIpc) is 3.35. The highest BCUT2D eigenvalue weighted by Crippen LogP contribution is 2.34. The van der Waals surface area contributed by atoms with Gasteiger partial charge in [0.15, 0.2) is 0 Å². The second-order valence-electron chi connectivity index (χ2n) is 9.50. The summed E-state index contributed by atoms with van der Waals surface area (Å²) in [4.78, 5) is 30.8. The topological polar surface area (TPSA) is 89.4 Å².